The molecule has 138 valence electrons. The average molecular weight is 406 g/mol. The Hall–Kier alpha value is -3.03. The summed E-state index contributed by atoms with van der Waals surface area (Å²) in [4.78, 5) is 30.9. The minimum Gasteiger partial charge on any atom is -0.479 e. The molecule has 0 bridgehead atoms. The minimum absolute atomic E-state index is 0.216. The van der Waals surface area contributed by atoms with Gasteiger partial charge in [0.05, 0.1) is 16.1 Å². The Morgan fingerprint density at radius 2 is 1.79 bits per heavy atom. The van der Waals surface area contributed by atoms with Gasteiger partial charge in [-0.15, -0.1) is 0 Å². The number of aromatic nitrogens is 1. The Morgan fingerprint density at radius 1 is 1.07 bits per heavy atom. The van der Waals surface area contributed by atoms with Gasteiger partial charge in [-0.3, -0.25) is 9.69 Å². The van der Waals surface area contributed by atoms with Crippen LogP contribution in [0, 0.1) is 0 Å². The summed E-state index contributed by atoms with van der Waals surface area (Å²) < 4.78 is 0.216. The van der Waals surface area contributed by atoms with E-state index in [1.165, 1.54) is 0 Å². The molecule has 1 N–H and O–H groups in total. The molecule has 0 unspecified atom stereocenters. The number of aliphatic carboxylic acids is 1. The summed E-state index contributed by atoms with van der Waals surface area (Å²) in [6.45, 7) is 0. The van der Waals surface area contributed by atoms with Crippen molar-refractivity contribution in [3.05, 3.63) is 82.9 Å². The van der Waals surface area contributed by atoms with Crippen molar-refractivity contribution >= 4 is 57.2 Å². The smallest absolute Gasteiger partial charge is 0.331 e. The molecule has 0 aliphatic carbocycles. The van der Waals surface area contributed by atoms with Crippen molar-refractivity contribution in [2.75, 3.05) is 0 Å². The van der Waals surface area contributed by atoms with Crippen LogP contribution in [0.25, 0.3) is 17.0 Å². The molecular weight excluding hydrogens is 392 g/mol. The van der Waals surface area contributed by atoms with Crippen LogP contribution in [0.2, 0.25) is 0 Å². The first-order valence-corrected chi connectivity index (χ1v) is 9.68. The maximum Gasteiger partial charge on any atom is 0.331 e. The lowest BCUT2D eigenvalue weighted by atomic mass is 10.1. The fourth-order valence-corrected chi connectivity index (χ4v) is 4.33. The first-order chi connectivity index (χ1) is 13.5. The predicted octanol–water partition coefficient (Wildman–Crippen LogP) is 4.26. The van der Waals surface area contributed by atoms with E-state index in [2.05, 4.69) is 4.98 Å². The largest absolute Gasteiger partial charge is 0.479 e. The summed E-state index contributed by atoms with van der Waals surface area (Å²) in [5.74, 6) is -1.56. The molecule has 1 aliphatic rings. The molecule has 28 heavy (non-hydrogen) atoms. The van der Waals surface area contributed by atoms with Crippen molar-refractivity contribution in [3.8, 4) is 0 Å². The minimum atomic E-state index is -1.16. The van der Waals surface area contributed by atoms with E-state index >= 15 is 0 Å². The monoisotopic (exact) mass is 406 g/mol. The molecule has 4 rings (SSSR count). The molecule has 1 aliphatic heterocycles. The highest BCUT2D eigenvalue weighted by atomic mass is 32.2. The Kier molecular flexibility index (Phi) is 4.93. The first-order valence-electron chi connectivity index (χ1n) is 8.45. The normalized spacial score (nSPS) is 16.7. The number of hydrogen-bond acceptors (Lipinski definition) is 5. The number of carbonyl (C=O) groups is 2. The Labute approximate surface area is 170 Å². The molecule has 1 atom stereocenters. The van der Waals surface area contributed by atoms with Gasteiger partial charge in [-0.2, -0.15) is 0 Å². The Morgan fingerprint density at radius 3 is 2.54 bits per heavy atom. The van der Waals surface area contributed by atoms with E-state index < -0.39 is 17.9 Å². The number of pyridine rings is 1. The second-order valence-corrected chi connectivity index (χ2v) is 7.81. The summed E-state index contributed by atoms with van der Waals surface area (Å²) in [6.07, 6.45) is 1.65. The molecule has 7 heteroatoms. The molecule has 1 aromatic heterocycles. The molecule has 1 saturated heterocycles. The number of para-hydroxylation sites is 1. The van der Waals surface area contributed by atoms with Crippen molar-refractivity contribution in [3.63, 3.8) is 0 Å². The number of hydrogen-bond donors (Lipinski definition) is 1. The van der Waals surface area contributed by atoms with Crippen LogP contribution in [0.15, 0.2) is 71.6 Å². The van der Waals surface area contributed by atoms with Gasteiger partial charge in [0.15, 0.2) is 6.04 Å². The second-order valence-electron chi connectivity index (χ2n) is 6.13. The lowest BCUT2D eigenvalue weighted by Crippen LogP contribution is -2.37. The highest BCUT2D eigenvalue weighted by Gasteiger charge is 2.41. The van der Waals surface area contributed by atoms with E-state index in [0.29, 0.717) is 16.2 Å². The number of benzene rings is 2. The molecule has 5 nitrogen and oxygen atoms in total. The third-order valence-corrected chi connectivity index (χ3v) is 5.66. The number of carboxylic acid groups (broad SMARTS) is 1. The summed E-state index contributed by atoms with van der Waals surface area (Å²) >= 11 is 6.41. The number of carboxylic acids is 1. The van der Waals surface area contributed by atoms with Crippen molar-refractivity contribution in [2.24, 2.45) is 0 Å². The summed E-state index contributed by atoms with van der Waals surface area (Å²) in [7, 11) is 0. The van der Waals surface area contributed by atoms with Gasteiger partial charge in [0.2, 0.25) is 0 Å². The quantitative estimate of drug-likeness (QED) is 0.516. The number of amides is 1. The van der Waals surface area contributed by atoms with E-state index in [4.69, 9.17) is 12.2 Å². The third-order valence-electron chi connectivity index (χ3n) is 4.33. The molecule has 2 aromatic carbocycles. The molecule has 0 saturated carbocycles. The number of thioether (sulfide) groups is 1. The van der Waals surface area contributed by atoms with Crippen molar-refractivity contribution in [2.45, 2.75) is 6.04 Å². The molecule has 0 spiro atoms. The van der Waals surface area contributed by atoms with Gasteiger partial charge < -0.3 is 5.11 Å². The Balaban J connectivity index is 1.69. The highest BCUT2D eigenvalue weighted by Crippen LogP contribution is 2.38. The number of rotatable bonds is 4. The standard InChI is InChI=1S/C21H14N2O3S2/c24-19-17(12-15-11-10-13-6-4-5-9-16(13)22-15)28-21(27)23(19)18(20(25)26)14-7-2-1-3-8-14/h1-12,18H,(H,25,26)/b17-12+/t18-/m0/s1. The molecule has 1 amide bonds. The summed E-state index contributed by atoms with van der Waals surface area (Å²) in [5.41, 5.74) is 1.93. The molecule has 0 radical (unpaired) electrons. The zero-order chi connectivity index (χ0) is 19.7. The van der Waals surface area contributed by atoms with Crippen LogP contribution >= 0.6 is 24.0 Å². The van der Waals surface area contributed by atoms with Crippen molar-refractivity contribution < 1.29 is 14.7 Å². The fourth-order valence-electron chi connectivity index (χ4n) is 3.04. The van der Waals surface area contributed by atoms with E-state index in [0.717, 1.165) is 27.6 Å². The topological polar surface area (TPSA) is 70.5 Å². The van der Waals surface area contributed by atoms with Gasteiger partial charge >= 0.3 is 5.97 Å². The van der Waals surface area contributed by atoms with Crippen molar-refractivity contribution in [1.29, 1.82) is 0 Å². The second kappa shape index (κ2) is 7.53. The average Bonchev–Trinajstić information content (AvgIpc) is 2.96. The van der Waals surface area contributed by atoms with Gasteiger partial charge in [-0.25, -0.2) is 9.78 Å². The predicted molar refractivity (Wildman–Crippen MR) is 114 cm³/mol. The van der Waals surface area contributed by atoms with Crippen LogP contribution in [0.5, 0.6) is 0 Å². The van der Waals surface area contributed by atoms with Gasteiger partial charge in [0.25, 0.3) is 5.91 Å². The molecule has 3 aromatic rings. The summed E-state index contributed by atoms with van der Waals surface area (Å²) in [6, 6.07) is 18.9. The molecule has 2 heterocycles. The Bertz CT molecular complexity index is 1130. The SMILES string of the molecule is O=C(O)[C@H](c1ccccc1)N1C(=O)/C(=C\c2ccc3ccccc3n2)SC1=S. The number of carbonyl (C=O) groups excluding carboxylic acids is 1. The molecular formula is C21H14N2O3S2. The van der Waals surface area contributed by atoms with Gasteiger partial charge in [0.1, 0.15) is 4.32 Å². The lowest BCUT2D eigenvalue weighted by Gasteiger charge is -2.23. The summed E-state index contributed by atoms with van der Waals surface area (Å²) in [5, 5.41) is 10.7. The van der Waals surface area contributed by atoms with E-state index in [-0.39, 0.29) is 4.32 Å². The maximum absolute atomic E-state index is 13.0. The zero-order valence-corrected chi connectivity index (χ0v) is 16.1. The van der Waals surface area contributed by atoms with Crippen molar-refractivity contribution in [1.82, 2.24) is 9.88 Å². The zero-order valence-electron chi connectivity index (χ0n) is 14.5. The van der Waals surface area contributed by atoms with Crippen LogP contribution in [-0.4, -0.2) is 31.2 Å². The van der Waals surface area contributed by atoms with Gasteiger partial charge in [-0.1, -0.05) is 78.6 Å². The van der Waals surface area contributed by atoms with Gasteiger partial charge in [0, 0.05) is 5.39 Å². The number of fused-ring (bicyclic) bond motifs is 1. The van der Waals surface area contributed by atoms with Crippen LogP contribution in [0.1, 0.15) is 17.3 Å². The van der Waals surface area contributed by atoms with E-state index in [1.807, 2.05) is 36.4 Å². The third kappa shape index (κ3) is 3.42. The van der Waals surface area contributed by atoms with Crippen LogP contribution in [0.3, 0.4) is 0 Å². The lowest BCUT2D eigenvalue weighted by molar-refractivity contribution is -0.145. The first kappa shape index (κ1) is 18.3. The van der Waals surface area contributed by atoms with Gasteiger partial charge in [-0.05, 0) is 23.8 Å². The van der Waals surface area contributed by atoms with Crippen LogP contribution in [0.4, 0.5) is 0 Å². The molecule has 1 fully saturated rings. The fraction of sp³-hybridized carbons (Fsp3) is 0.0476. The van der Waals surface area contributed by atoms with Crippen LogP contribution < -0.4 is 0 Å². The van der Waals surface area contributed by atoms with Crippen LogP contribution in [-0.2, 0) is 9.59 Å². The maximum atomic E-state index is 13.0. The number of thiocarbonyl (C=S) groups is 1. The number of nitrogens with zero attached hydrogens (tertiary/aromatic N) is 2. The highest BCUT2D eigenvalue weighted by molar-refractivity contribution is 8.26. The van der Waals surface area contributed by atoms with E-state index in [1.54, 1.807) is 36.4 Å². The van der Waals surface area contributed by atoms with E-state index in [9.17, 15) is 14.7 Å².